The molecule has 0 aliphatic carbocycles. The van der Waals surface area contributed by atoms with Crippen LogP contribution >= 0.6 is 0 Å². The molecule has 1 aromatic carbocycles. The summed E-state index contributed by atoms with van der Waals surface area (Å²) in [6, 6.07) is 3.47. The van der Waals surface area contributed by atoms with Crippen LogP contribution in [0.2, 0.25) is 0 Å². The van der Waals surface area contributed by atoms with Crippen LogP contribution < -0.4 is 16.0 Å². The lowest BCUT2D eigenvalue weighted by atomic mass is 9.85. The number of likely N-dealkylation sites (N-methyl/N-ethyl adjacent to an activating group) is 1. The van der Waals surface area contributed by atoms with Crippen molar-refractivity contribution in [2.45, 2.75) is 33.7 Å². The highest BCUT2D eigenvalue weighted by atomic mass is 19.1. The number of carbonyl (C=O) groups excluding carboxylic acids is 3. The second kappa shape index (κ2) is 9.25. The van der Waals surface area contributed by atoms with Crippen LogP contribution in [0.1, 0.15) is 31.9 Å². The molecule has 8 heteroatoms. The minimum absolute atomic E-state index is 0.0281. The summed E-state index contributed by atoms with van der Waals surface area (Å²) in [6.45, 7) is 6.71. The Bertz CT molecular complexity index is 754. The monoisotopic (exact) mass is 378 g/mol. The standard InChI is InChI=1S/C19H27FN4O3/c1-11-12(8-7-9-13(11)20)15(22-6)17(26)24-16(19(2,3)4)18(27)23-10-14(25)21-5/h7-9,16H,10H2,1-6H3,(H,21,25)(H,23,27)(H,24,26). The minimum atomic E-state index is -0.916. The molecule has 1 atom stereocenters. The van der Waals surface area contributed by atoms with Crippen molar-refractivity contribution in [2.24, 2.45) is 10.4 Å². The third-order valence-corrected chi connectivity index (χ3v) is 4.07. The molecule has 148 valence electrons. The smallest absolute Gasteiger partial charge is 0.270 e. The van der Waals surface area contributed by atoms with E-state index in [0.29, 0.717) is 11.1 Å². The van der Waals surface area contributed by atoms with Crippen LogP contribution in [-0.2, 0) is 14.4 Å². The van der Waals surface area contributed by atoms with E-state index in [1.807, 2.05) is 0 Å². The molecule has 0 spiro atoms. The molecule has 1 aromatic rings. The van der Waals surface area contributed by atoms with Gasteiger partial charge in [-0.1, -0.05) is 32.9 Å². The maximum atomic E-state index is 13.8. The first kappa shape index (κ1) is 22.3. The zero-order valence-corrected chi connectivity index (χ0v) is 16.6. The molecule has 0 radical (unpaired) electrons. The molecule has 0 heterocycles. The van der Waals surface area contributed by atoms with Gasteiger partial charge in [-0.2, -0.15) is 0 Å². The first-order chi connectivity index (χ1) is 12.5. The summed E-state index contributed by atoms with van der Waals surface area (Å²) in [7, 11) is 2.89. The third kappa shape index (κ3) is 5.87. The van der Waals surface area contributed by atoms with Gasteiger partial charge in [-0.3, -0.25) is 19.4 Å². The Labute approximate surface area is 158 Å². The van der Waals surface area contributed by atoms with Crippen molar-refractivity contribution >= 4 is 23.4 Å². The fraction of sp³-hybridized carbons (Fsp3) is 0.474. The van der Waals surface area contributed by atoms with E-state index in [1.54, 1.807) is 33.8 Å². The second-order valence-electron chi connectivity index (χ2n) is 7.15. The Balaban J connectivity index is 3.06. The Morgan fingerprint density at radius 2 is 1.85 bits per heavy atom. The summed E-state index contributed by atoms with van der Waals surface area (Å²) in [5.41, 5.74) is 0.0524. The van der Waals surface area contributed by atoms with E-state index in [1.165, 1.54) is 26.2 Å². The summed E-state index contributed by atoms with van der Waals surface area (Å²) in [6.07, 6.45) is 0. The second-order valence-corrected chi connectivity index (χ2v) is 7.15. The van der Waals surface area contributed by atoms with Crippen molar-refractivity contribution in [1.82, 2.24) is 16.0 Å². The van der Waals surface area contributed by atoms with Gasteiger partial charge in [0.25, 0.3) is 5.91 Å². The van der Waals surface area contributed by atoms with Gasteiger partial charge < -0.3 is 16.0 Å². The van der Waals surface area contributed by atoms with Gasteiger partial charge in [0.2, 0.25) is 11.8 Å². The van der Waals surface area contributed by atoms with Crippen molar-refractivity contribution in [1.29, 1.82) is 0 Å². The number of benzene rings is 1. The third-order valence-electron chi connectivity index (χ3n) is 4.07. The van der Waals surface area contributed by atoms with Crippen molar-refractivity contribution in [2.75, 3.05) is 20.6 Å². The Morgan fingerprint density at radius 1 is 1.22 bits per heavy atom. The van der Waals surface area contributed by atoms with Gasteiger partial charge in [0.1, 0.15) is 17.6 Å². The molecule has 0 saturated carbocycles. The van der Waals surface area contributed by atoms with Crippen LogP contribution in [0.25, 0.3) is 0 Å². The molecule has 3 amide bonds. The molecule has 7 nitrogen and oxygen atoms in total. The van der Waals surface area contributed by atoms with Crippen molar-refractivity contribution in [3.05, 3.63) is 35.1 Å². The van der Waals surface area contributed by atoms with E-state index < -0.39 is 29.1 Å². The molecule has 0 bridgehead atoms. The van der Waals surface area contributed by atoms with E-state index in [0.717, 1.165) is 0 Å². The number of rotatable bonds is 6. The molecule has 0 saturated heterocycles. The average molecular weight is 378 g/mol. The number of hydrogen-bond donors (Lipinski definition) is 3. The van der Waals surface area contributed by atoms with Crippen molar-refractivity contribution < 1.29 is 18.8 Å². The van der Waals surface area contributed by atoms with Crippen LogP contribution in [-0.4, -0.2) is 50.1 Å². The number of nitrogens with one attached hydrogen (secondary N) is 3. The van der Waals surface area contributed by atoms with Crippen LogP contribution in [0.5, 0.6) is 0 Å². The van der Waals surface area contributed by atoms with Gasteiger partial charge in [-0.05, 0) is 24.0 Å². The number of amides is 3. The molecular weight excluding hydrogens is 351 g/mol. The summed E-state index contributed by atoms with van der Waals surface area (Å²) in [5.74, 6) is -1.89. The molecule has 1 rings (SSSR count). The zero-order valence-electron chi connectivity index (χ0n) is 16.6. The van der Waals surface area contributed by atoms with Crippen molar-refractivity contribution in [3.63, 3.8) is 0 Å². The lowest BCUT2D eigenvalue weighted by Gasteiger charge is -2.30. The topological polar surface area (TPSA) is 99.7 Å². The Hall–Kier alpha value is -2.77. The number of aliphatic imine (C=N–C) groups is 1. The van der Waals surface area contributed by atoms with Gasteiger partial charge in [0, 0.05) is 19.7 Å². The highest BCUT2D eigenvalue weighted by molar-refractivity contribution is 6.46. The number of hydrogen-bond acceptors (Lipinski definition) is 4. The minimum Gasteiger partial charge on any atom is -0.358 e. The Kier molecular flexibility index (Phi) is 7.63. The summed E-state index contributed by atoms with van der Waals surface area (Å²) in [5, 5.41) is 7.56. The quantitative estimate of drug-likeness (QED) is 0.643. The van der Waals surface area contributed by atoms with E-state index in [9.17, 15) is 18.8 Å². The zero-order chi connectivity index (χ0) is 20.8. The summed E-state index contributed by atoms with van der Waals surface area (Å²) >= 11 is 0. The fourth-order valence-electron chi connectivity index (χ4n) is 2.44. The van der Waals surface area contributed by atoms with Crippen LogP contribution in [0.15, 0.2) is 23.2 Å². The van der Waals surface area contributed by atoms with Crippen LogP contribution in [0, 0.1) is 18.2 Å². The first-order valence-electron chi connectivity index (χ1n) is 8.54. The van der Waals surface area contributed by atoms with E-state index in [4.69, 9.17) is 0 Å². The number of halogens is 1. The molecule has 1 unspecified atom stereocenters. The molecule has 0 aliphatic heterocycles. The van der Waals surface area contributed by atoms with Crippen LogP contribution in [0.3, 0.4) is 0 Å². The SMILES string of the molecule is CN=C(C(=O)NC(C(=O)NCC(=O)NC)C(C)(C)C)c1cccc(F)c1C. The predicted molar refractivity (Wildman–Crippen MR) is 102 cm³/mol. The van der Waals surface area contributed by atoms with E-state index >= 15 is 0 Å². The van der Waals surface area contributed by atoms with Crippen LogP contribution in [0.4, 0.5) is 4.39 Å². The number of nitrogens with zero attached hydrogens (tertiary/aromatic N) is 1. The van der Waals surface area contributed by atoms with Gasteiger partial charge in [0.15, 0.2) is 0 Å². The Morgan fingerprint density at radius 3 is 2.37 bits per heavy atom. The fourth-order valence-corrected chi connectivity index (χ4v) is 2.44. The van der Waals surface area contributed by atoms with E-state index in [2.05, 4.69) is 20.9 Å². The molecule has 0 fully saturated rings. The highest BCUT2D eigenvalue weighted by Crippen LogP contribution is 2.20. The molecule has 27 heavy (non-hydrogen) atoms. The molecular formula is C19H27FN4O3. The maximum absolute atomic E-state index is 13.8. The lowest BCUT2D eigenvalue weighted by Crippen LogP contribution is -2.56. The largest absolute Gasteiger partial charge is 0.358 e. The molecule has 0 aromatic heterocycles. The summed E-state index contributed by atoms with van der Waals surface area (Å²) in [4.78, 5) is 40.6. The van der Waals surface area contributed by atoms with Gasteiger partial charge in [-0.15, -0.1) is 0 Å². The van der Waals surface area contributed by atoms with Gasteiger partial charge in [-0.25, -0.2) is 4.39 Å². The highest BCUT2D eigenvalue weighted by Gasteiger charge is 2.34. The maximum Gasteiger partial charge on any atom is 0.270 e. The first-order valence-corrected chi connectivity index (χ1v) is 8.54. The number of carbonyl (C=O) groups is 3. The van der Waals surface area contributed by atoms with Gasteiger partial charge >= 0.3 is 0 Å². The average Bonchev–Trinajstić information content (AvgIpc) is 2.60. The molecule has 0 aliphatic rings. The lowest BCUT2D eigenvalue weighted by molar-refractivity contribution is -0.131. The predicted octanol–water partition coefficient (Wildman–Crippen LogP) is 0.946. The molecule has 3 N–H and O–H groups in total. The van der Waals surface area contributed by atoms with Crippen molar-refractivity contribution in [3.8, 4) is 0 Å². The normalized spacial score (nSPS) is 12.9. The van der Waals surface area contributed by atoms with E-state index in [-0.39, 0.29) is 18.2 Å². The summed E-state index contributed by atoms with van der Waals surface area (Å²) < 4.78 is 13.8. The van der Waals surface area contributed by atoms with Gasteiger partial charge in [0.05, 0.1) is 6.54 Å².